The number of Topliss-reactive ketones (excluding diaryl/α,β-unsaturated/α-hetero) is 1. The van der Waals surface area contributed by atoms with E-state index in [1.807, 2.05) is 6.92 Å². The van der Waals surface area contributed by atoms with E-state index in [-0.39, 0.29) is 5.78 Å². The van der Waals surface area contributed by atoms with Crippen LogP contribution >= 0.6 is 34.2 Å². The van der Waals surface area contributed by atoms with Crippen LogP contribution in [-0.2, 0) is 0 Å². The molecule has 0 aliphatic carbocycles. The van der Waals surface area contributed by atoms with Crippen molar-refractivity contribution in [2.45, 2.75) is 13.8 Å². The van der Waals surface area contributed by atoms with Gasteiger partial charge in [-0.2, -0.15) is 0 Å². The number of ether oxygens (including phenoxy) is 1. The number of ketones is 1. The summed E-state index contributed by atoms with van der Waals surface area (Å²) in [6, 6.07) is 3.46. The third-order valence-electron chi connectivity index (χ3n) is 1.73. The van der Waals surface area contributed by atoms with Crippen molar-refractivity contribution in [3.63, 3.8) is 0 Å². The minimum atomic E-state index is 0.0133. The Labute approximate surface area is 102 Å². The Hall–Kier alpha value is -0.290. The predicted molar refractivity (Wildman–Crippen MR) is 65.3 cm³/mol. The molecule has 0 unspecified atom stereocenters. The summed E-state index contributed by atoms with van der Waals surface area (Å²) in [5.74, 6) is 0.642. The van der Waals surface area contributed by atoms with Gasteiger partial charge >= 0.3 is 0 Å². The number of benzene rings is 1. The zero-order valence-electron chi connectivity index (χ0n) is 7.93. The van der Waals surface area contributed by atoms with Gasteiger partial charge in [0.25, 0.3) is 0 Å². The number of carbonyl (C=O) groups excluding carboxylic acids is 1. The zero-order valence-corrected chi connectivity index (χ0v) is 10.8. The molecule has 0 saturated carbocycles. The highest BCUT2D eigenvalue weighted by Gasteiger charge is 2.12. The van der Waals surface area contributed by atoms with Crippen LogP contribution in [0.5, 0.6) is 5.75 Å². The van der Waals surface area contributed by atoms with Crippen LogP contribution in [0.15, 0.2) is 12.1 Å². The summed E-state index contributed by atoms with van der Waals surface area (Å²) in [5, 5.41) is 0.514. The third kappa shape index (κ3) is 2.39. The van der Waals surface area contributed by atoms with E-state index in [1.165, 1.54) is 6.92 Å². The molecule has 0 bridgehead atoms. The van der Waals surface area contributed by atoms with Crippen molar-refractivity contribution >= 4 is 40.0 Å². The summed E-state index contributed by atoms with van der Waals surface area (Å²) >= 11 is 8.09. The van der Waals surface area contributed by atoms with Crippen LogP contribution in [0.2, 0.25) is 5.02 Å². The van der Waals surface area contributed by atoms with Gasteiger partial charge in [-0.1, -0.05) is 11.6 Å². The summed E-state index contributed by atoms with van der Waals surface area (Å²) in [7, 11) is 0. The van der Waals surface area contributed by atoms with E-state index >= 15 is 0 Å². The Morgan fingerprint density at radius 1 is 1.57 bits per heavy atom. The second kappa shape index (κ2) is 4.98. The fourth-order valence-electron chi connectivity index (χ4n) is 1.07. The molecule has 76 valence electrons. The van der Waals surface area contributed by atoms with Crippen LogP contribution in [0.25, 0.3) is 0 Å². The van der Waals surface area contributed by atoms with Crippen molar-refractivity contribution in [2.24, 2.45) is 0 Å². The molecule has 0 radical (unpaired) electrons. The molecular weight excluding hydrogens is 314 g/mol. The second-order valence-electron chi connectivity index (χ2n) is 2.73. The van der Waals surface area contributed by atoms with Gasteiger partial charge in [-0.25, -0.2) is 0 Å². The Bertz CT molecular complexity index is 363. The minimum absolute atomic E-state index is 0.0133. The van der Waals surface area contributed by atoms with Crippen LogP contribution in [-0.4, -0.2) is 12.4 Å². The van der Waals surface area contributed by atoms with E-state index in [0.717, 1.165) is 3.57 Å². The van der Waals surface area contributed by atoms with Gasteiger partial charge in [0.05, 0.1) is 11.6 Å². The highest BCUT2D eigenvalue weighted by Crippen LogP contribution is 2.32. The molecule has 0 aromatic heterocycles. The third-order valence-corrected chi connectivity index (χ3v) is 3.54. The van der Waals surface area contributed by atoms with Gasteiger partial charge in [-0.15, -0.1) is 0 Å². The molecule has 0 heterocycles. The number of halogens is 2. The molecule has 0 aliphatic heterocycles. The molecule has 2 nitrogen and oxygen atoms in total. The van der Waals surface area contributed by atoms with Gasteiger partial charge in [0.15, 0.2) is 5.78 Å². The molecule has 0 aliphatic rings. The normalized spacial score (nSPS) is 10.0. The van der Waals surface area contributed by atoms with E-state index in [0.29, 0.717) is 22.9 Å². The van der Waals surface area contributed by atoms with Gasteiger partial charge < -0.3 is 4.74 Å². The first-order chi connectivity index (χ1) is 6.57. The van der Waals surface area contributed by atoms with Crippen LogP contribution in [0, 0.1) is 3.57 Å². The van der Waals surface area contributed by atoms with Crippen molar-refractivity contribution in [1.82, 2.24) is 0 Å². The summed E-state index contributed by atoms with van der Waals surface area (Å²) in [6.07, 6.45) is 0. The van der Waals surface area contributed by atoms with Crippen molar-refractivity contribution in [2.75, 3.05) is 6.61 Å². The number of rotatable bonds is 3. The summed E-state index contributed by atoms with van der Waals surface area (Å²) in [4.78, 5) is 11.2. The maximum absolute atomic E-state index is 11.2. The first-order valence-corrected chi connectivity index (χ1v) is 5.65. The monoisotopic (exact) mass is 324 g/mol. The Balaban J connectivity index is 3.19. The summed E-state index contributed by atoms with van der Waals surface area (Å²) < 4.78 is 6.06. The molecule has 1 rings (SSSR count). The topological polar surface area (TPSA) is 26.3 Å². The lowest BCUT2D eigenvalue weighted by atomic mass is 10.1. The average Bonchev–Trinajstić information content (AvgIpc) is 2.13. The number of carbonyl (C=O) groups is 1. The lowest BCUT2D eigenvalue weighted by Crippen LogP contribution is -1.99. The Kier molecular flexibility index (Phi) is 4.19. The Morgan fingerprint density at radius 2 is 2.21 bits per heavy atom. The molecule has 14 heavy (non-hydrogen) atoms. The van der Waals surface area contributed by atoms with Gasteiger partial charge in [-0.3, -0.25) is 4.79 Å². The van der Waals surface area contributed by atoms with Crippen molar-refractivity contribution in [1.29, 1.82) is 0 Å². The highest BCUT2D eigenvalue weighted by atomic mass is 127. The second-order valence-corrected chi connectivity index (χ2v) is 4.19. The predicted octanol–water partition coefficient (Wildman–Crippen LogP) is 3.55. The maximum Gasteiger partial charge on any atom is 0.160 e. The molecular formula is C10H10ClIO2. The summed E-state index contributed by atoms with van der Waals surface area (Å²) in [6.45, 7) is 3.98. The molecule has 1 aromatic carbocycles. The van der Waals surface area contributed by atoms with Crippen molar-refractivity contribution < 1.29 is 9.53 Å². The van der Waals surface area contributed by atoms with Crippen LogP contribution in [0.3, 0.4) is 0 Å². The maximum atomic E-state index is 11.2. The zero-order chi connectivity index (χ0) is 10.7. The van der Waals surface area contributed by atoms with Gasteiger partial charge in [0, 0.05) is 9.13 Å². The fourth-order valence-corrected chi connectivity index (χ4v) is 2.12. The molecule has 0 fully saturated rings. The molecule has 4 heteroatoms. The largest absolute Gasteiger partial charge is 0.492 e. The molecule has 0 amide bonds. The molecule has 1 aromatic rings. The van der Waals surface area contributed by atoms with Gasteiger partial charge in [0.2, 0.25) is 0 Å². The lowest BCUT2D eigenvalue weighted by Gasteiger charge is -2.09. The van der Waals surface area contributed by atoms with Gasteiger partial charge in [0.1, 0.15) is 5.75 Å². The highest BCUT2D eigenvalue weighted by molar-refractivity contribution is 14.1. The van der Waals surface area contributed by atoms with E-state index in [2.05, 4.69) is 22.6 Å². The average molecular weight is 325 g/mol. The molecule has 0 atom stereocenters. The van der Waals surface area contributed by atoms with Crippen LogP contribution in [0.4, 0.5) is 0 Å². The quantitative estimate of drug-likeness (QED) is 0.628. The van der Waals surface area contributed by atoms with E-state index in [9.17, 15) is 4.79 Å². The van der Waals surface area contributed by atoms with Gasteiger partial charge in [-0.05, 0) is 48.6 Å². The molecule has 0 saturated heterocycles. The van der Waals surface area contributed by atoms with E-state index in [1.54, 1.807) is 12.1 Å². The fraction of sp³-hybridized carbons (Fsp3) is 0.300. The first-order valence-electron chi connectivity index (χ1n) is 4.19. The number of hydrogen-bond donors (Lipinski definition) is 0. The van der Waals surface area contributed by atoms with E-state index in [4.69, 9.17) is 16.3 Å². The SMILES string of the molecule is CCOc1ccc(C(C)=O)c(I)c1Cl. The first kappa shape index (κ1) is 11.8. The summed E-state index contributed by atoms with van der Waals surface area (Å²) in [5.41, 5.74) is 0.638. The molecule has 0 N–H and O–H groups in total. The van der Waals surface area contributed by atoms with Crippen LogP contribution in [0.1, 0.15) is 24.2 Å². The van der Waals surface area contributed by atoms with Crippen LogP contribution < -0.4 is 4.74 Å². The minimum Gasteiger partial charge on any atom is -0.492 e. The number of hydrogen-bond acceptors (Lipinski definition) is 2. The smallest absolute Gasteiger partial charge is 0.160 e. The standard InChI is InChI=1S/C10H10ClIO2/c1-3-14-8-5-4-7(6(2)13)10(12)9(8)11/h4-5H,3H2,1-2H3. The Morgan fingerprint density at radius 3 is 2.71 bits per heavy atom. The lowest BCUT2D eigenvalue weighted by molar-refractivity contribution is 0.101. The molecule has 0 spiro atoms. The van der Waals surface area contributed by atoms with Crippen molar-refractivity contribution in [3.8, 4) is 5.75 Å². The van der Waals surface area contributed by atoms with E-state index < -0.39 is 0 Å². The van der Waals surface area contributed by atoms with Crippen molar-refractivity contribution in [3.05, 3.63) is 26.3 Å².